The third-order valence-corrected chi connectivity index (χ3v) is 3.94. The Bertz CT molecular complexity index is 772. The molecule has 0 saturated carbocycles. The van der Waals surface area contributed by atoms with Crippen LogP contribution in [-0.2, 0) is 4.79 Å². The summed E-state index contributed by atoms with van der Waals surface area (Å²) in [5.74, 6) is 0.160. The maximum atomic E-state index is 11.9. The van der Waals surface area contributed by atoms with Gasteiger partial charge in [0.2, 0.25) is 5.91 Å². The first kappa shape index (κ1) is 13.9. The van der Waals surface area contributed by atoms with E-state index in [4.69, 9.17) is 11.6 Å². The number of carbonyl (C=O) groups excluding carboxylic acids is 1. The van der Waals surface area contributed by atoms with E-state index >= 15 is 0 Å². The smallest absolute Gasteiger partial charge is 0.234 e. The first-order valence-electron chi connectivity index (χ1n) is 6.20. The van der Waals surface area contributed by atoms with Crippen molar-refractivity contribution in [1.29, 1.82) is 0 Å². The van der Waals surface area contributed by atoms with Crippen LogP contribution in [0.15, 0.2) is 53.8 Å². The molecule has 0 bridgehead atoms. The van der Waals surface area contributed by atoms with Crippen molar-refractivity contribution < 1.29 is 4.79 Å². The molecule has 7 heteroatoms. The van der Waals surface area contributed by atoms with Crippen molar-refractivity contribution in [3.8, 4) is 0 Å². The van der Waals surface area contributed by atoms with Gasteiger partial charge in [-0.25, -0.2) is 0 Å². The number of amides is 1. The van der Waals surface area contributed by atoms with Crippen LogP contribution in [0.2, 0.25) is 5.02 Å². The van der Waals surface area contributed by atoms with Crippen LogP contribution in [0, 0.1) is 0 Å². The second-order valence-electron chi connectivity index (χ2n) is 4.26. The van der Waals surface area contributed by atoms with Crippen molar-refractivity contribution in [3.63, 3.8) is 0 Å². The highest BCUT2D eigenvalue weighted by Gasteiger charge is 2.09. The van der Waals surface area contributed by atoms with Crippen LogP contribution in [0.4, 0.5) is 5.69 Å². The van der Waals surface area contributed by atoms with E-state index in [1.807, 2.05) is 28.8 Å². The normalized spacial score (nSPS) is 10.7. The molecule has 0 aliphatic rings. The lowest BCUT2D eigenvalue weighted by molar-refractivity contribution is -0.113. The second kappa shape index (κ2) is 6.15. The van der Waals surface area contributed by atoms with Crippen LogP contribution in [0.3, 0.4) is 0 Å². The predicted molar refractivity (Wildman–Crippen MR) is 83.8 cm³/mol. The second-order valence-corrected chi connectivity index (χ2v) is 5.63. The van der Waals surface area contributed by atoms with E-state index in [9.17, 15) is 4.79 Å². The van der Waals surface area contributed by atoms with Crippen LogP contribution in [-0.4, -0.2) is 26.3 Å². The summed E-state index contributed by atoms with van der Waals surface area (Å²) >= 11 is 7.14. The molecule has 1 N–H and O–H groups in total. The van der Waals surface area contributed by atoms with Crippen LogP contribution in [0.25, 0.3) is 5.65 Å². The molecule has 0 fully saturated rings. The average molecular weight is 319 g/mol. The van der Waals surface area contributed by atoms with E-state index in [-0.39, 0.29) is 11.7 Å². The minimum absolute atomic E-state index is 0.102. The van der Waals surface area contributed by atoms with Crippen molar-refractivity contribution in [1.82, 2.24) is 14.6 Å². The van der Waals surface area contributed by atoms with Crippen molar-refractivity contribution in [2.24, 2.45) is 0 Å². The van der Waals surface area contributed by atoms with Crippen molar-refractivity contribution in [2.75, 3.05) is 11.1 Å². The monoisotopic (exact) mass is 318 g/mol. The zero-order chi connectivity index (χ0) is 14.7. The van der Waals surface area contributed by atoms with Gasteiger partial charge in [0.15, 0.2) is 10.8 Å². The number of nitrogens with zero attached hydrogens (tertiary/aromatic N) is 3. The van der Waals surface area contributed by atoms with E-state index < -0.39 is 0 Å². The Morgan fingerprint density at radius 2 is 2.00 bits per heavy atom. The minimum atomic E-state index is -0.102. The number of hydrogen-bond donors (Lipinski definition) is 1. The molecule has 0 aliphatic heterocycles. The van der Waals surface area contributed by atoms with Crippen molar-refractivity contribution in [2.45, 2.75) is 5.16 Å². The van der Waals surface area contributed by atoms with Gasteiger partial charge in [0, 0.05) is 16.9 Å². The lowest BCUT2D eigenvalue weighted by Gasteiger charge is -2.04. The number of thioether (sulfide) groups is 1. The molecule has 0 spiro atoms. The molecule has 0 radical (unpaired) electrons. The lowest BCUT2D eigenvalue weighted by atomic mass is 10.3. The van der Waals surface area contributed by atoms with Gasteiger partial charge in [-0.2, -0.15) is 0 Å². The molecule has 0 unspecified atom stereocenters. The van der Waals surface area contributed by atoms with Gasteiger partial charge in [0.25, 0.3) is 0 Å². The van der Waals surface area contributed by atoms with Crippen LogP contribution < -0.4 is 5.32 Å². The Balaban J connectivity index is 1.62. The van der Waals surface area contributed by atoms with Gasteiger partial charge < -0.3 is 5.32 Å². The highest BCUT2D eigenvalue weighted by molar-refractivity contribution is 7.99. The maximum Gasteiger partial charge on any atom is 0.234 e. The molecule has 2 heterocycles. The van der Waals surface area contributed by atoms with Crippen LogP contribution in [0.5, 0.6) is 0 Å². The van der Waals surface area contributed by atoms with E-state index in [0.717, 1.165) is 11.3 Å². The molecule has 0 atom stereocenters. The SMILES string of the molecule is O=C(CSc1nnc2ccccn12)Nc1ccc(Cl)cc1. The summed E-state index contributed by atoms with van der Waals surface area (Å²) < 4.78 is 1.85. The highest BCUT2D eigenvalue weighted by atomic mass is 35.5. The topological polar surface area (TPSA) is 59.3 Å². The van der Waals surface area contributed by atoms with Crippen LogP contribution in [0.1, 0.15) is 0 Å². The first-order valence-corrected chi connectivity index (χ1v) is 7.57. The number of pyridine rings is 1. The molecule has 21 heavy (non-hydrogen) atoms. The van der Waals surface area contributed by atoms with E-state index in [0.29, 0.717) is 10.2 Å². The molecule has 0 aliphatic carbocycles. The number of nitrogens with one attached hydrogen (secondary N) is 1. The summed E-state index contributed by atoms with van der Waals surface area (Å²) in [6.45, 7) is 0. The van der Waals surface area contributed by atoms with Crippen molar-refractivity contribution in [3.05, 3.63) is 53.7 Å². The zero-order valence-corrected chi connectivity index (χ0v) is 12.4. The zero-order valence-electron chi connectivity index (χ0n) is 10.9. The number of anilines is 1. The van der Waals surface area contributed by atoms with Gasteiger partial charge >= 0.3 is 0 Å². The molecule has 1 amide bonds. The third-order valence-electron chi connectivity index (χ3n) is 2.74. The minimum Gasteiger partial charge on any atom is -0.325 e. The Kier molecular flexibility index (Phi) is 4.08. The number of hydrogen-bond acceptors (Lipinski definition) is 4. The molecular weight excluding hydrogens is 308 g/mol. The molecular formula is C14H11ClN4OS. The fraction of sp³-hybridized carbons (Fsp3) is 0.0714. The van der Waals surface area contributed by atoms with Crippen LogP contribution >= 0.6 is 23.4 Å². The van der Waals surface area contributed by atoms with E-state index in [1.165, 1.54) is 11.8 Å². The molecule has 3 aromatic rings. The van der Waals surface area contributed by atoms with Gasteiger partial charge in [0.05, 0.1) is 5.75 Å². The fourth-order valence-electron chi connectivity index (χ4n) is 1.78. The summed E-state index contributed by atoms with van der Waals surface area (Å²) in [4.78, 5) is 11.9. The van der Waals surface area contributed by atoms with E-state index in [2.05, 4.69) is 15.5 Å². The van der Waals surface area contributed by atoms with Gasteiger partial charge in [-0.05, 0) is 36.4 Å². The van der Waals surface area contributed by atoms with Gasteiger partial charge in [-0.15, -0.1) is 10.2 Å². The summed E-state index contributed by atoms with van der Waals surface area (Å²) in [5.41, 5.74) is 1.48. The largest absolute Gasteiger partial charge is 0.325 e. The summed E-state index contributed by atoms with van der Waals surface area (Å²) in [6, 6.07) is 12.6. The quantitative estimate of drug-likeness (QED) is 0.751. The number of carbonyl (C=O) groups is 1. The molecule has 0 saturated heterocycles. The van der Waals surface area contributed by atoms with E-state index in [1.54, 1.807) is 24.3 Å². The lowest BCUT2D eigenvalue weighted by Crippen LogP contribution is -2.14. The van der Waals surface area contributed by atoms with Gasteiger partial charge in [-0.1, -0.05) is 29.4 Å². The molecule has 2 aromatic heterocycles. The molecule has 1 aromatic carbocycles. The summed E-state index contributed by atoms with van der Waals surface area (Å²) in [5, 5.41) is 12.2. The Morgan fingerprint density at radius 1 is 1.19 bits per heavy atom. The van der Waals surface area contributed by atoms with Crippen molar-refractivity contribution >= 4 is 40.6 Å². The average Bonchev–Trinajstić information content (AvgIpc) is 2.91. The van der Waals surface area contributed by atoms with Gasteiger partial charge in [-0.3, -0.25) is 9.20 Å². The number of halogens is 1. The van der Waals surface area contributed by atoms with Gasteiger partial charge in [0.1, 0.15) is 0 Å². The Labute approximate surface area is 130 Å². The summed E-state index contributed by atoms with van der Waals surface area (Å²) in [7, 11) is 0. The summed E-state index contributed by atoms with van der Waals surface area (Å²) in [6.07, 6.45) is 1.87. The Hall–Kier alpha value is -2.05. The maximum absolute atomic E-state index is 11.9. The number of rotatable bonds is 4. The number of benzene rings is 1. The number of fused-ring (bicyclic) bond motifs is 1. The first-order chi connectivity index (χ1) is 10.2. The molecule has 3 rings (SSSR count). The molecule has 5 nitrogen and oxygen atoms in total. The Morgan fingerprint density at radius 3 is 2.81 bits per heavy atom. The standard InChI is InChI=1S/C14H11ClN4OS/c15-10-4-6-11(7-5-10)16-13(20)9-21-14-18-17-12-3-1-2-8-19(12)14/h1-8H,9H2,(H,16,20). The predicted octanol–water partition coefficient (Wildman–Crippen LogP) is 3.11. The number of aromatic nitrogens is 3. The molecule has 106 valence electrons. The third kappa shape index (κ3) is 3.34. The highest BCUT2D eigenvalue weighted by Crippen LogP contribution is 2.18. The fourth-order valence-corrected chi connectivity index (χ4v) is 2.63.